The van der Waals surface area contributed by atoms with Crippen LogP contribution in [0.15, 0.2) is 60.7 Å². The third-order valence-electron chi connectivity index (χ3n) is 11.0. The lowest BCUT2D eigenvalue weighted by Gasteiger charge is -2.36. The highest BCUT2D eigenvalue weighted by Gasteiger charge is 2.39. The van der Waals surface area contributed by atoms with Crippen LogP contribution in [0, 0.1) is 0 Å². The van der Waals surface area contributed by atoms with E-state index in [1.54, 1.807) is 7.11 Å². The topological polar surface area (TPSA) is 57.0 Å². The Bertz CT molecular complexity index is 1450. The SMILES string of the molecule is COc1ccc(C2CCCc3cc(O[Si](C)(C)C(C)(C)C)ccc3C2)c(C(C)(N)Cc2ccc(OCCN3CCCCCC3)cc2)c1. The van der Waals surface area contributed by atoms with Crippen LogP contribution in [0.4, 0.5) is 0 Å². The van der Waals surface area contributed by atoms with Crippen molar-refractivity contribution in [3.05, 3.63) is 88.5 Å². The van der Waals surface area contributed by atoms with E-state index < -0.39 is 13.9 Å². The molecule has 2 aliphatic rings. The number of rotatable bonds is 11. The minimum atomic E-state index is -1.89. The third-order valence-corrected chi connectivity index (χ3v) is 15.4. The number of ether oxygens (including phenoxy) is 2. The molecule has 0 saturated carbocycles. The van der Waals surface area contributed by atoms with Gasteiger partial charge in [-0.15, -0.1) is 0 Å². The first-order valence-electron chi connectivity index (χ1n) is 18.1. The lowest BCUT2D eigenvalue weighted by molar-refractivity contribution is 0.214. The van der Waals surface area contributed by atoms with Crippen molar-refractivity contribution >= 4 is 8.32 Å². The molecule has 3 aromatic carbocycles. The van der Waals surface area contributed by atoms with E-state index in [0.29, 0.717) is 5.92 Å². The van der Waals surface area contributed by atoms with E-state index in [1.807, 2.05) is 0 Å². The zero-order chi connectivity index (χ0) is 33.7. The van der Waals surface area contributed by atoms with Gasteiger partial charge in [0.1, 0.15) is 23.9 Å². The standard InChI is InChI=1S/C41H60N2O3Si/c1-40(2,3)47(6,7)46-37-20-17-33-27-34(14-12-13-32(33)28-37)38-22-21-36(44-5)29-39(38)41(4,42)30-31-15-18-35(19-16-31)45-26-25-43-23-10-8-9-11-24-43/h15-22,28-29,34H,8-14,23-27,30,42H2,1-7H3. The van der Waals surface area contributed by atoms with Crippen molar-refractivity contribution < 1.29 is 13.9 Å². The molecule has 0 amide bonds. The second-order valence-electron chi connectivity index (χ2n) is 15.9. The number of likely N-dealkylation sites (tertiary alicyclic amines) is 1. The highest BCUT2D eigenvalue weighted by molar-refractivity contribution is 6.74. The lowest BCUT2D eigenvalue weighted by Crippen LogP contribution is -2.43. The smallest absolute Gasteiger partial charge is 0.250 e. The number of aryl methyl sites for hydroxylation is 1. The van der Waals surface area contributed by atoms with Crippen LogP contribution >= 0.6 is 0 Å². The molecule has 1 saturated heterocycles. The van der Waals surface area contributed by atoms with E-state index in [9.17, 15) is 0 Å². The molecule has 3 aromatic rings. The Balaban J connectivity index is 1.29. The van der Waals surface area contributed by atoms with Gasteiger partial charge in [-0.1, -0.05) is 57.9 Å². The van der Waals surface area contributed by atoms with Crippen molar-refractivity contribution in [2.24, 2.45) is 5.73 Å². The molecule has 2 unspecified atom stereocenters. The van der Waals surface area contributed by atoms with Crippen molar-refractivity contribution in [1.29, 1.82) is 0 Å². The van der Waals surface area contributed by atoms with Gasteiger partial charge in [0.05, 0.1) is 7.11 Å². The molecule has 6 heteroatoms. The molecule has 5 nitrogen and oxygen atoms in total. The van der Waals surface area contributed by atoms with E-state index in [1.165, 1.54) is 66.6 Å². The van der Waals surface area contributed by atoms with Crippen LogP contribution in [-0.4, -0.2) is 46.6 Å². The first kappa shape index (κ1) is 35.5. The number of benzene rings is 3. The molecule has 0 radical (unpaired) electrons. The quantitative estimate of drug-likeness (QED) is 0.165. The van der Waals surface area contributed by atoms with Gasteiger partial charge in [-0.2, -0.15) is 0 Å². The maximum Gasteiger partial charge on any atom is 0.250 e. The highest BCUT2D eigenvalue weighted by Crippen LogP contribution is 2.41. The van der Waals surface area contributed by atoms with Gasteiger partial charge in [0.25, 0.3) is 0 Å². The van der Waals surface area contributed by atoms with Crippen LogP contribution < -0.4 is 19.6 Å². The number of hydrogen-bond acceptors (Lipinski definition) is 5. The fourth-order valence-corrected chi connectivity index (χ4v) is 8.13. The number of nitrogens with two attached hydrogens (primary N) is 1. The normalized spacial score (nSPS) is 19.2. The van der Waals surface area contributed by atoms with Gasteiger partial charge in [0.2, 0.25) is 8.32 Å². The molecule has 5 rings (SSSR count). The molecular weight excluding hydrogens is 597 g/mol. The summed E-state index contributed by atoms with van der Waals surface area (Å²) in [4.78, 5) is 2.54. The maximum atomic E-state index is 7.26. The molecule has 1 fully saturated rings. The minimum Gasteiger partial charge on any atom is -0.543 e. The second-order valence-corrected chi connectivity index (χ2v) is 20.6. The average molecular weight is 657 g/mol. The van der Waals surface area contributed by atoms with Crippen molar-refractivity contribution in [3.8, 4) is 17.2 Å². The van der Waals surface area contributed by atoms with Crippen LogP contribution in [0.3, 0.4) is 0 Å². The maximum absolute atomic E-state index is 7.26. The van der Waals surface area contributed by atoms with E-state index in [4.69, 9.17) is 19.6 Å². The fraction of sp³-hybridized carbons (Fsp3) is 0.561. The Morgan fingerprint density at radius 1 is 0.809 bits per heavy atom. The van der Waals surface area contributed by atoms with Gasteiger partial charge in [-0.05, 0) is 153 Å². The average Bonchev–Trinajstić information content (AvgIpc) is 3.41. The first-order chi connectivity index (χ1) is 22.3. The summed E-state index contributed by atoms with van der Waals surface area (Å²) in [6, 6.07) is 22.0. The van der Waals surface area contributed by atoms with Gasteiger partial charge in [0, 0.05) is 12.1 Å². The van der Waals surface area contributed by atoms with Gasteiger partial charge in [0.15, 0.2) is 0 Å². The molecule has 0 bridgehead atoms. The minimum absolute atomic E-state index is 0.173. The zero-order valence-corrected chi connectivity index (χ0v) is 31.3. The highest BCUT2D eigenvalue weighted by atomic mass is 28.4. The van der Waals surface area contributed by atoms with Crippen LogP contribution in [0.1, 0.15) is 100.0 Å². The van der Waals surface area contributed by atoms with Gasteiger partial charge < -0.3 is 19.6 Å². The summed E-state index contributed by atoms with van der Waals surface area (Å²) in [5.41, 5.74) is 13.3. The van der Waals surface area contributed by atoms with Crippen molar-refractivity contribution in [3.63, 3.8) is 0 Å². The largest absolute Gasteiger partial charge is 0.543 e. The third kappa shape index (κ3) is 9.21. The molecule has 0 aromatic heterocycles. The molecule has 1 heterocycles. The number of nitrogens with zero attached hydrogens (tertiary/aromatic N) is 1. The monoisotopic (exact) mass is 656 g/mol. The lowest BCUT2D eigenvalue weighted by atomic mass is 9.78. The molecule has 47 heavy (non-hydrogen) atoms. The Kier molecular flexibility index (Phi) is 11.5. The van der Waals surface area contributed by atoms with E-state index in [-0.39, 0.29) is 5.04 Å². The summed E-state index contributed by atoms with van der Waals surface area (Å²) in [7, 11) is -0.152. The van der Waals surface area contributed by atoms with Gasteiger partial charge in [-0.3, -0.25) is 4.90 Å². The number of methoxy groups -OCH3 is 1. The van der Waals surface area contributed by atoms with Gasteiger partial charge in [-0.25, -0.2) is 0 Å². The summed E-state index contributed by atoms with van der Waals surface area (Å²) in [6.45, 7) is 17.8. The van der Waals surface area contributed by atoms with Crippen LogP contribution in [-0.2, 0) is 24.8 Å². The molecular formula is C41H60N2O3Si. The Hall–Kier alpha value is -2.80. The van der Waals surface area contributed by atoms with E-state index in [0.717, 1.165) is 62.5 Å². The Morgan fingerprint density at radius 3 is 2.17 bits per heavy atom. The molecule has 2 N–H and O–H groups in total. The van der Waals surface area contributed by atoms with Crippen LogP contribution in [0.5, 0.6) is 17.2 Å². The van der Waals surface area contributed by atoms with Crippen molar-refractivity contribution in [2.45, 2.75) is 115 Å². The van der Waals surface area contributed by atoms with Crippen LogP contribution in [0.2, 0.25) is 18.1 Å². The number of hydrogen-bond donors (Lipinski definition) is 1. The zero-order valence-electron chi connectivity index (χ0n) is 30.3. The van der Waals surface area contributed by atoms with Crippen LogP contribution in [0.25, 0.3) is 0 Å². The summed E-state index contributed by atoms with van der Waals surface area (Å²) < 4.78 is 18.5. The van der Waals surface area contributed by atoms with E-state index in [2.05, 4.69) is 106 Å². The summed E-state index contributed by atoms with van der Waals surface area (Å²) in [5, 5.41) is 0.173. The van der Waals surface area contributed by atoms with E-state index >= 15 is 0 Å². The Labute approximate surface area is 286 Å². The predicted octanol–water partition coefficient (Wildman–Crippen LogP) is 9.41. The first-order valence-corrected chi connectivity index (χ1v) is 21.0. The molecule has 1 aliphatic heterocycles. The Morgan fingerprint density at radius 2 is 1.49 bits per heavy atom. The molecule has 0 spiro atoms. The van der Waals surface area contributed by atoms with Crippen molar-refractivity contribution in [2.75, 3.05) is 33.4 Å². The molecule has 256 valence electrons. The van der Waals surface area contributed by atoms with Crippen molar-refractivity contribution in [1.82, 2.24) is 4.90 Å². The number of fused-ring (bicyclic) bond motifs is 1. The van der Waals surface area contributed by atoms with Gasteiger partial charge >= 0.3 is 0 Å². The second kappa shape index (κ2) is 15.2. The molecule has 1 aliphatic carbocycles. The molecule has 2 atom stereocenters. The summed E-state index contributed by atoms with van der Waals surface area (Å²) in [6.07, 6.45) is 10.4. The summed E-state index contributed by atoms with van der Waals surface area (Å²) >= 11 is 0. The fourth-order valence-electron chi connectivity index (χ4n) is 7.11. The summed E-state index contributed by atoms with van der Waals surface area (Å²) in [5.74, 6) is 3.21. The predicted molar refractivity (Wildman–Crippen MR) is 199 cm³/mol.